The third kappa shape index (κ3) is 2.53. The zero-order chi connectivity index (χ0) is 16.0. The van der Waals surface area contributed by atoms with Crippen molar-refractivity contribution in [2.45, 2.75) is 26.8 Å². The fraction of sp³-hybridized carbons (Fsp3) is 0.375. The number of rotatable bonds is 2. The largest absolute Gasteiger partial charge is 0.450 e. The number of ether oxygens (including phenoxy) is 1. The van der Waals surface area contributed by atoms with E-state index in [1.54, 1.807) is 27.6 Å². The molecule has 1 amide bonds. The molecule has 3 aromatic heterocycles. The second-order valence-corrected chi connectivity index (χ2v) is 7.58. The molecular formula is C16H17N3O2S2. The van der Waals surface area contributed by atoms with E-state index in [0.717, 1.165) is 17.1 Å². The predicted molar refractivity (Wildman–Crippen MR) is 92.3 cm³/mol. The first-order valence-electron chi connectivity index (χ1n) is 7.62. The molecule has 0 N–H and O–H groups in total. The Morgan fingerprint density at radius 2 is 2.35 bits per heavy atom. The van der Waals surface area contributed by atoms with Crippen LogP contribution in [0.15, 0.2) is 17.6 Å². The minimum absolute atomic E-state index is 0.223. The SMILES string of the molecule is CCOC(=O)N1CCc2c(sc3nc(-c4cc(C)cs4)cn23)C1. The van der Waals surface area contributed by atoms with Crippen LogP contribution in [0.25, 0.3) is 15.5 Å². The Morgan fingerprint density at radius 1 is 1.48 bits per heavy atom. The summed E-state index contributed by atoms with van der Waals surface area (Å²) in [7, 11) is 0. The van der Waals surface area contributed by atoms with E-state index in [2.05, 4.69) is 29.0 Å². The molecule has 0 radical (unpaired) electrons. The second kappa shape index (κ2) is 5.65. The first kappa shape index (κ1) is 14.7. The number of thiophene rings is 1. The van der Waals surface area contributed by atoms with Crippen LogP contribution in [0.5, 0.6) is 0 Å². The van der Waals surface area contributed by atoms with Gasteiger partial charge < -0.3 is 9.64 Å². The van der Waals surface area contributed by atoms with Gasteiger partial charge in [-0.2, -0.15) is 0 Å². The van der Waals surface area contributed by atoms with E-state index < -0.39 is 0 Å². The lowest BCUT2D eigenvalue weighted by atomic mass is 10.2. The third-order valence-corrected chi connectivity index (χ3v) is 6.11. The summed E-state index contributed by atoms with van der Waals surface area (Å²) in [6.07, 6.45) is 2.74. The molecule has 4 rings (SSSR count). The van der Waals surface area contributed by atoms with Gasteiger partial charge in [-0.15, -0.1) is 11.3 Å². The zero-order valence-corrected chi connectivity index (χ0v) is 14.7. The number of aromatic nitrogens is 2. The summed E-state index contributed by atoms with van der Waals surface area (Å²) >= 11 is 3.40. The van der Waals surface area contributed by atoms with Crippen LogP contribution in [0.2, 0.25) is 0 Å². The maximum atomic E-state index is 11.9. The van der Waals surface area contributed by atoms with Crippen LogP contribution in [0.4, 0.5) is 4.79 Å². The van der Waals surface area contributed by atoms with Crippen LogP contribution < -0.4 is 0 Å². The van der Waals surface area contributed by atoms with Crippen molar-refractivity contribution in [1.29, 1.82) is 0 Å². The van der Waals surface area contributed by atoms with Gasteiger partial charge >= 0.3 is 6.09 Å². The number of imidazole rings is 1. The number of amides is 1. The van der Waals surface area contributed by atoms with Crippen molar-refractivity contribution in [1.82, 2.24) is 14.3 Å². The molecule has 4 heterocycles. The summed E-state index contributed by atoms with van der Waals surface area (Å²) in [4.78, 5) is 21.8. The molecule has 0 saturated carbocycles. The van der Waals surface area contributed by atoms with E-state index in [1.807, 2.05) is 6.92 Å². The first-order valence-corrected chi connectivity index (χ1v) is 9.32. The topological polar surface area (TPSA) is 46.8 Å². The Hall–Kier alpha value is -1.86. The highest BCUT2D eigenvalue weighted by Gasteiger charge is 2.26. The highest BCUT2D eigenvalue weighted by Crippen LogP contribution is 2.33. The Bertz CT molecular complexity index is 877. The van der Waals surface area contributed by atoms with E-state index in [4.69, 9.17) is 9.72 Å². The molecule has 0 fully saturated rings. The average Bonchev–Trinajstić information content (AvgIpc) is 3.20. The van der Waals surface area contributed by atoms with E-state index in [0.29, 0.717) is 19.7 Å². The molecule has 5 nitrogen and oxygen atoms in total. The molecule has 0 saturated heterocycles. The molecule has 3 aromatic rings. The molecule has 7 heteroatoms. The van der Waals surface area contributed by atoms with E-state index in [-0.39, 0.29) is 6.09 Å². The minimum atomic E-state index is -0.223. The summed E-state index contributed by atoms with van der Waals surface area (Å²) in [5.41, 5.74) is 3.58. The Kier molecular flexibility index (Phi) is 3.61. The maximum Gasteiger partial charge on any atom is 0.410 e. The zero-order valence-electron chi connectivity index (χ0n) is 13.0. The standard InChI is InChI=1S/C16H17N3O2S2/c1-3-21-16(20)18-5-4-12-14(8-18)23-15-17-11(7-19(12)15)13-6-10(2)9-22-13/h6-7,9H,3-5,8H2,1-2H3. The van der Waals surface area contributed by atoms with Gasteiger partial charge in [0.25, 0.3) is 0 Å². The van der Waals surface area contributed by atoms with Gasteiger partial charge in [0.05, 0.1) is 18.0 Å². The monoisotopic (exact) mass is 347 g/mol. The van der Waals surface area contributed by atoms with Gasteiger partial charge in [-0.1, -0.05) is 11.3 Å². The van der Waals surface area contributed by atoms with Gasteiger partial charge in [-0.25, -0.2) is 9.78 Å². The quantitative estimate of drug-likeness (QED) is 0.705. The Labute approximate surface area is 142 Å². The van der Waals surface area contributed by atoms with E-state index in [9.17, 15) is 4.79 Å². The maximum absolute atomic E-state index is 11.9. The van der Waals surface area contributed by atoms with Crippen LogP contribution in [0.3, 0.4) is 0 Å². The first-order chi connectivity index (χ1) is 11.2. The lowest BCUT2D eigenvalue weighted by Crippen LogP contribution is -2.36. The molecule has 0 unspecified atom stereocenters. The normalized spacial score (nSPS) is 14.3. The van der Waals surface area contributed by atoms with Gasteiger partial charge in [0.15, 0.2) is 4.96 Å². The summed E-state index contributed by atoms with van der Waals surface area (Å²) in [6.45, 7) is 5.67. The Balaban J connectivity index is 1.65. The highest BCUT2D eigenvalue weighted by atomic mass is 32.1. The number of hydrogen-bond acceptors (Lipinski definition) is 5. The van der Waals surface area contributed by atoms with Gasteiger partial charge in [-0.3, -0.25) is 4.40 Å². The number of hydrogen-bond donors (Lipinski definition) is 0. The fourth-order valence-electron chi connectivity index (χ4n) is 2.86. The third-order valence-electron chi connectivity index (χ3n) is 3.96. The van der Waals surface area contributed by atoms with Gasteiger partial charge in [-0.05, 0) is 30.9 Å². The molecular weight excluding hydrogens is 330 g/mol. The van der Waals surface area contributed by atoms with Gasteiger partial charge in [0.2, 0.25) is 0 Å². The Morgan fingerprint density at radius 3 is 3.09 bits per heavy atom. The number of carbonyl (C=O) groups is 1. The number of nitrogens with zero attached hydrogens (tertiary/aromatic N) is 3. The number of carbonyl (C=O) groups excluding carboxylic acids is 1. The molecule has 120 valence electrons. The molecule has 0 aromatic carbocycles. The minimum Gasteiger partial charge on any atom is -0.450 e. The van der Waals surface area contributed by atoms with Crippen LogP contribution in [-0.2, 0) is 17.7 Å². The number of thiazole rings is 1. The second-order valence-electron chi connectivity index (χ2n) is 5.61. The molecule has 0 atom stereocenters. The molecule has 1 aliphatic rings. The van der Waals surface area contributed by atoms with E-state index >= 15 is 0 Å². The summed E-state index contributed by atoms with van der Waals surface area (Å²) < 4.78 is 7.29. The van der Waals surface area contributed by atoms with Crippen LogP contribution in [-0.4, -0.2) is 33.5 Å². The molecule has 23 heavy (non-hydrogen) atoms. The average molecular weight is 347 g/mol. The van der Waals surface area contributed by atoms with Gasteiger partial charge in [0.1, 0.15) is 5.69 Å². The molecule has 0 bridgehead atoms. The van der Waals surface area contributed by atoms with Crippen LogP contribution in [0.1, 0.15) is 23.1 Å². The number of aryl methyl sites for hydroxylation is 1. The summed E-state index contributed by atoms with van der Waals surface area (Å²) in [5.74, 6) is 0. The van der Waals surface area contributed by atoms with E-state index in [1.165, 1.54) is 21.0 Å². The van der Waals surface area contributed by atoms with Crippen molar-refractivity contribution < 1.29 is 9.53 Å². The highest BCUT2D eigenvalue weighted by molar-refractivity contribution is 7.17. The fourth-order valence-corrected chi connectivity index (χ4v) is 4.88. The van der Waals surface area contributed by atoms with Crippen molar-refractivity contribution >= 4 is 33.7 Å². The van der Waals surface area contributed by atoms with Crippen molar-refractivity contribution in [3.8, 4) is 10.6 Å². The van der Waals surface area contributed by atoms with Crippen molar-refractivity contribution in [2.24, 2.45) is 0 Å². The van der Waals surface area contributed by atoms with Crippen LogP contribution in [0, 0.1) is 6.92 Å². The van der Waals surface area contributed by atoms with Crippen molar-refractivity contribution in [3.05, 3.63) is 33.8 Å². The predicted octanol–water partition coefficient (Wildman–Crippen LogP) is 3.95. The molecule has 1 aliphatic heterocycles. The molecule has 0 spiro atoms. The summed E-state index contributed by atoms with van der Waals surface area (Å²) in [6, 6.07) is 2.17. The summed E-state index contributed by atoms with van der Waals surface area (Å²) in [5, 5.41) is 2.15. The molecule has 0 aliphatic carbocycles. The van der Waals surface area contributed by atoms with Gasteiger partial charge in [0, 0.05) is 29.7 Å². The lowest BCUT2D eigenvalue weighted by Gasteiger charge is -2.25. The van der Waals surface area contributed by atoms with Crippen molar-refractivity contribution in [3.63, 3.8) is 0 Å². The van der Waals surface area contributed by atoms with Crippen molar-refractivity contribution in [2.75, 3.05) is 13.2 Å². The smallest absolute Gasteiger partial charge is 0.410 e. The number of fused-ring (bicyclic) bond motifs is 3. The van der Waals surface area contributed by atoms with Crippen LogP contribution >= 0.6 is 22.7 Å². The lowest BCUT2D eigenvalue weighted by molar-refractivity contribution is 0.103.